The lowest BCUT2D eigenvalue weighted by molar-refractivity contribution is 0.0240. The van der Waals surface area contributed by atoms with Gasteiger partial charge < -0.3 is 19.1 Å². The molecule has 0 spiro atoms. The highest BCUT2D eigenvalue weighted by molar-refractivity contribution is 6.20. The van der Waals surface area contributed by atoms with Gasteiger partial charge in [0.05, 0.1) is 22.7 Å². The number of hydrogen-bond donors (Lipinski definition) is 0. The van der Waals surface area contributed by atoms with Crippen LogP contribution in [0.25, 0.3) is 10.9 Å². The van der Waals surface area contributed by atoms with Gasteiger partial charge >= 0.3 is 6.09 Å². The summed E-state index contributed by atoms with van der Waals surface area (Å²) in [5.74, 6) is 0.0422. The Hall–Kier alpha value is -3.79. The van der Waals surface area contributed by atoms with Crippen LogP contribution in [0.3, 0.4) is 0 Å². The van der Waals surface area contributed by atoms with Crippen LogP contribution in [0.15, 0.2) is 30.3 Å². The third-order valence-electron chi connectivity index (χ3n) is 7.94. The quantitative estimate of drug-likeness (QED) is 0.451. The number of ketones is 1. The Morgan fingerprint density at radius 2 is 1.79 bits per heavy atom. The zero-order chi connectivity index (χ0) is 27.6. The van der Waals surface area contributed by atoms with Crippen molar-refractivity contribution in [1.29, 1.82) is 5.26 Å². The Bertz CT molecular complexity index is 1510. The van der Waals surface area contributed by atoms with Crippen molar-refractivity contribution in [2.24, 2.45) is 7.05 Å². The SMILES string of the molecule is CCc1cc2c(cc1N1CCN(C(=O)OC(C)(C)C)CC1)C(C)(C)c1c(c3ccc(C#N)cc3n1C)C2=O. The van der Waals surface area contributed by atoms with Crippen molar-refractivity contribution in [3.05, 3.63) is 63.8 Å². The maximum Gasteiger partial charge on any atom is 0.410 e. The predicted molar refractivity (Wildman–Crippen MR) is 149 cm³/mol. The van der Waals surface area contributed by atoms with Gasteiger partial charge in [0.15, 0.2) is 5.78 Å². The molecule has 0 radical (unpaired) electrons. The van der Waals surface area contributed by atoms with Gasteiger partial charge in [-0.3, -0.25) is 4.79 Å². The van der Waals surface area contributed by atoms with Crippen LogP contribution in [-0.2, 0) is 23.6 Å². The highest BCUT2D eigenvalue weighted by Crippen LogP contribution is 2.47. The first kappa shape index (κ1) is 25.8. The fourth-order valence-corrected chi connectivity index (χ4v) is 6.10. The molecule has 1 amide bonds. The van der Waals surface area contributed by atoms with Crippen LogP contribution in [0.5, 0.6) is 0 Å². The highest BCUT2D eigenvalue weighted by atomic mass is 16.6. The molecule has 7 heteroatoms. The number of aromatic nitrogens is 1. The van der Waals surface area contributed by atoms with Crippen molar-refractivity contribution in [3.8, 4) is 6.07 Å². The first-order chi connectivity index (χ1) is 17.9. The maximum atomic E-state index is 14.0. The summed E-state index contributed by atoms with van der Waals surface area (Å²) >= 11 is 0. The number of piperazine rings is 1. The number of amides is 1. The molecule has 1 fully saturated rings. The molecule has 0 N–H and O–H groups in total. The molecule has 2 aromatic carbocycles. The van der Waals surface area contributed by atoms with Crippen molar-refractivity contribution < 1.29 is 14.3 Å². The van der Waals surface area contributed by atoms with E-state index in [9.17, 15) is 14.9 Å². The summed E-state index contributed by atoms with van der Waals surface area (Å²) in [6.07, 6.45) is 0.532. The normalized spacial score (nSPS) is 16.7. The van der Waals surface area contributed by atoms with Gasteiger partial charge in [-0.2, -0.15) is 5.26 Å². The van der Waals surface area contributed by atoms with E-state index in [1.165, 1.54) is 0 Å². The second-order valence-electron chi connectivity index (χ2n) is 11.9. The molecule has 198 valence electrons. The van der Waals surface area contributed by atoms with Gasteiger partial charge in [0.2, 0.25) is 0 Å². The fraction of sp³-hybridized carbons (Fsp3) is 0.452. The van der Waals surface area contributed by atoms with Gasteiger partial charge in [0.1, 0.15) is 5.60 Å². The third-order valence-corrected chi connectivity index (χ3v) is 7.94. The van der Waals surface area contributed by atoms with E-state index in [1.54, 1.807) is 11.0 Å². The van der Waals surface area contributed by atoms with Gasteiger partial charge in [0, 0.05) is 61.0 Å². The fourth-order valence-electron chi connectivity index (χ4n) is 6.10. The molecule has 1 aliphatic carbocycles. The largest absolute Gasteiger partial charge is 0.444 e. The van der Waals surface area contributed by atoms with Crippen LogP contribution < -0.4 is 4.90 Å². The van der Waals surface area contributed by atoms with E-state index in [4.69, 9.17) is 4.74 Å². The van der Waals surface area contributed by atoms with Crippen molar-refractivity contribution >= 4 is 28.5 Å². The first-order valence-corrected chi connectivity index (χ1v) is 13.4. The van der Waals surface area contributed by atoms with Crippen molar-refractivity contribution in [2.75, 3.05) is 31.1 Å². The van der Waals surface area contributed by atoms with E-state index in [1.807, 2.05) is 40.0 Å². The molecule has 2 heterocycles. The van der Waals surface area contributed by atoms with Crippen molar-refractivity contribution in [3.63, 3.8) is 0 Å². The Labute approximate surface area is 224 Å². The lowest BCUT2D eigenvalue weighted by Crippen LogP contribution is -2.50. The summed E-state index contributed by atoms with van der Waals surface area (Å²) in [4.78, 5) is 30.7. The van der Waals surface area contributed by atoms with Crippen LogP contribution in [0.1, 0.15) is 79.8 Å². The Balaban J connectivity index is 1.54. The number of rotatable bonds is 2. The zero-order valence-electron chi connectivity index (χ0n) is 23.4. The number of hydrogen-bond acceptors (Lipinski definition) is 5. The molecule has 38 heavy (non-hydrogen) atoms. The molecule has 3 aromatic rings. The number of carbonyl (C=O) groups excluding carboxylic acids is 2. The summed E-state index contributed by atoms with van der Waals surface area (Å²) in [6, 6.07) is 12.1. The monoisotopic (exact) mass is 512 g/mol. The lowest BCUT2D eigenvalue weighted by Gasteiger charge is -2.39. The van der Waals surface area contributed by atoms with Gasteiger partial charge in [-0.1, -0.05) is 26.8 Å². The zero-order valence-corrected chi connectivity index (χ0v) is 23.4. The second kappa shape index (κ2) is 8.90. The Morgan fingerprint density at radius 1 is 1.11 bits per heavy atom. The number of nitriles is 1. The second-order valence-corrected chi connectivity index (χ2v) is 11.9. The number of anilines is 1. The topological polar surface area (TPSA) is 78.6 Å². The molecule has 0 bridgehead atoms. The minimum Gasteiger partial charge on any atom is -0.444 e. The maximum absolute atomic E-state index is 14.0. The minimum absolute atomic E-state index is 0.0422. The van der Waals surface area contributed by atoms with Gasteiger partial charge in [-0.25, -0.2) is 4.79 Å². The summed E-state index contributed by atoms with van der Waals surface area (Å²) in [5, 5.41) is 10.3. The number of fused-ring (bicyclic) bond motifs is 4. The highest BCUT2D eigenvalue weighted by Gasteiger charge is 2.42. The molecule has 1 aliphatic heterocycles. The molecule has 2 aliphatic rings. The van der Waals surface area contributed by atoms with Gasteiger partial charge in [-0.15, -0.1) is 0 Å². The number of aryl methyl sites for hydroxylation is 2. The van der Waals surface area contributed by atoms with Crippen LogP contribution in [0.2, 0.25) is 0 Å². The summed E-state index contributed by atoms with van der Waals surface area (Å²) in [6.45, 7) is 14.7. The lowest BCUT2D eigenvalue weighted by atomic mass is 9.70. The first-order valence-electron chi connectivity index (χ1n) is 13.4. The van der Waals surface area contributed by atoms with E-state index in [0.29, 0.717) is 31.7 Å². The average Bonchev–Trinajstić information content (AvgIpc) is 3.18. The molecule has 0 unspecified atom stereocenters. The van der Waals surface area contributed by atoms with E-state index >= 15 is 0 Å². The third kappa shape index (κ3) is 4.03. The average molecular weight is 513 g/mol. The number of ether oxygens (including phenoxy) is 1. The van der Waals surface area contributed by atoms with Gasteiger partial charge in [-0.05, 0) is 62.6 Å². The van der Waals surface area contributed by atoms with Crippen LogP contribution in [-0.4, -0.2) is 53.1 Å². The summed E-state index contributed by atoms with van der Waals surface area (Å²) in [7, 11) is 1.99. The smallest absolute Gasteiger partial charge is 0.410 e. The molecule has 7 nitrogen and oxygen atoms in total. The van der Waals surface area contributed by atoms with E-state index in [2.05, 4.69) is 48.4 Å². The number of nitrogens with zero attached hydrogens (tertiary/aromatic N) is 4. The Morgan fingerprint density at radius 3 is 2.39 bits per heavy atom. The molecular formula is C31H36N4O3. The number of carbonyl (C=O) groups is 2. The van der Waals surface area contributed by atoms with Crippen LogP contribution in [0, 0.1) is 11.3 Å². The summed E-state index contributed by atoms with van der Waals surface area (Å²) in [5.41, 5.74) is 6.30. The molecule has 5 rings (SSSR count). The summed E-state index contributed by atoms with van der Waals surface area (Å²) < 4.78 is 7.65. The standard InChI is InChI=1S/C31H36N4O3/c1-8-20-16-22-23(17-24(20)34-11-13-35(14-12-34)29(37)38-30(2,3)4)31(5,6)28-26(27(22)36)21-10-9-19(18-32)15-25(21)33(28)7/h9-10,15-17H,8,11-14H2,1-7H3. The molecule has 0 saturated carbocycles. The van der Waals surface area contributed by atoms with Gasteiger partial charge in [0.25, 0.3) is 0 Å². The number of benzene rings is 2. The van der Waals surface area contributed by atoms with E-state index < -0.39 is 11.0 Å². The van der Waals surface area contributed by atoms with Crippen molar-refractivity contribution in [1.82, 2.24) is 9.47 Å². The van der Waals surface area contributed by atoms with Crippen molar-refractivity contribution in [2.45, 2.75) is 59.0 Å². The molecular weight excluding hydrogens is 476 g/mol. The Kier molecular flexibility index (Phi) is 6.05. The molecule has 1 aromatic heterocycles. The van der Waals surface area contributed by atoms with E-state index in [0.717, 1.165) is 51.0 Å². The molecule has 1 saturated heterocycles. The predicted octanol–water partition coefficient (Wildman–Crippen LogP) is 5.54. The minimum atomic E-state index is -0.517. The molecule has 0 atom stereocenters. The van der Waals surface area contributed by atoms with Crippen LogP contribution >= 0.6 is 0 Å². The van der Waals surface area contributed by atoms with E-state index in [-0.39, 0.29) is 11.9 Å². The van der Waals surface area contributed by atoms with Crippen LogP contribution in [0.4, 0.5) is 10.5 Å².